The van der Waals surface area contributed by atoms with Crippen LogP contribution in [0.15, 0.2) is 18.3 Å². The second kappa shape index (κ2) is 5.30. The first-order chi connectivity index (χ1) is 7.77. The number of hydrogen-bond donors (Lipinski definition) is 1. The minimum atomic E-state index is 0.193. The third-order valence-electron chi connectivity index (χ3n) is 3.49. The van der Waals surface area contributed by atoms with Gasteiger partial charge in [-0.15, -0.1) is 0 Å². The van der Waals surface area contributed by atoms with Gasteiger partial charge in [-0.25, -0.2) is 0 Å². The number of carbonyl (C=O) groups is 1. The molecule has 0 saturated heterocycles. The van der Waals surface area contributed by atoms with Crippen molar-refractivity contribution in [2.45, 2.75) is 38.1 Å². The van der Waals surface area contributed by atoms with Crippen molar-refractivity contribution in [2.75, 3.05) is 13.6 Å². The fraction of sp³-hybridized carbons (Fsp3) is 0.615. The summed E-state index contributed by atoms with van der Waals surface area (Å²) in [6.07, 6.45) is 8.27. The minimum absolute atomic E-state index is 0.193. The molecule has 1 N–H and O–H groups in total. The van der Waals surface area contributed by atoms with Crippen molar-refractivity contribution >= 4 is 5.78 Å². The van der Waals surface area contributed by atoms with Gasteiger partial charge in [0.15, 0.2) is 5.78 Å². The zero-order valence-electron chi connectivity index (χ0n) is 9.91. The summed E-state index contributed by atoms with van der Waals surface area (Å²) in [5.74, 6) is 0.193. The van der Waals surface area contributed by atoms with Gasteiger partial charge in [-0.3, -0.25) is 9.69 Å². The smallest absolute Gasteiger partial charge is 0.192 e. The summed E-state index contributed by atoms with van der Waals surface area (Å²) in [6.45, 7) is 0.533. The lowest BCUT2D eigenvalue weighted by Gasteiger charge is -2.30. The van der Waals surface area contributed by atoms with Gasteiger partial charge in [-0.1, -0.05) is 19.3 Å². The van der Waals surface area contributed by atoms with E-state index in [9.17, 15) is 4.79 Å². The first-order valence-corrected chi connectivity index (χ1v) is 6.14. The number of Topliss-reactive ketones (excluding diaryl/α,β-unsaturated/α-hetero) is 1. The van der Waals surface area contributed by atoms with Crippen LogP contribution in [0.3, 0.4) is 0 Å². The molecule has 88 valence electrons. The Hall–Kier alpha value is -1.09. The zero-order chi connectivity index (χ0) is 11.4. The summed E-state index contributed by atoms with van der Waals surface area (Å²) in [6, 6.07) is 4.32. The number of H-pyrrole nitrogens is 1. The van der Waals surface area contributed by atoms with E-state index in [1.54, 1.807) is 6.20 Å². The van der Waals surface area contributed by atoms with E-state index in [1.807, 2.05) is 12.1 Å². The highest BCUT2D eigenvalue weighted by Gasteiger charge is 2.20. The SMILES string of the molecule is CN(CC(=O)c1ccc[nH]1)C1CCCCC1. The summed E-state index contributed by atoms with van der Waals surface area (Å²) < 4.78 is 0. The third-order valence-corrected chi connectivity index (χ3v) is 3.49. The van der Waals surface area contributed by atoms with Crippen LogP contribution < -0.4 is 0 Å². The highest BCUT2D eigenvalue weighted by Crippen LogP contribution is 2.21. The predicted octanol–water partition coefficient (Wildman–Crippen LogP) is 2.46. The lowest BCUT2D eigenvalue weighted by Crippen LogP contribution is -2.37. The van der Waals surface area contributed by atoms with E-state index in [4.69, 9.17) is 0 Å². The van der Waals surface area contributed by atoms with Gasteiger partial charge >= 0.3 is 0 Å². The summed E-state index contributed by atoms with van der Waals surface area (Å²) in [5.41, 5.74) is 0.725. The molecule has 2 rings (SSSR count). The van der Waals surface area contributed by atoms with Crippen molar-refractivity contribution < 1.29 is 4.79 Å². The van der Waals surface area contributed by atoms with Crippen LogP contribution in [-0.2, 0) is 0 Å². The molecule has 1 aliphatic carbocycles. The molecule has 0 aromatic carbocycles. The average Bonchev–Trinajstić information content (AvgIpc) is 2.83. The second-order valence-corrected chi connectivity index (χ2v) is 4.71. The molecule has 1 aromatic heterocycles. The Morgan fingerprint density at radius 3 is 2.81 bits per heavy atom. The molecule has 3 heteroatoms. The molecule has 3 nitrogen and oxygen atoms in total. The molecule has 1 aromatic rings. The molecule has 1 heterocycles. The van der Waals surface area contributed by atoms with Crippen LogP contribution in [-0.4, -0.2) is 35.3 Å². The molecule has 1 aliphatic rings. The highest BCUT2D eigenvalue weighted by atomic mass is 16.1. The molecule has 16 heavy (non-hydrogen) atoms. The van der Waals surface area contributed by atoms with Gasteiger partial charge in [0.1, 0.15) is 0 Å². The van der Waals surface area contributed by atoms with E-state index < -0.39 is 0 Å². The van der Waals surface area contributed by atoms with E-state index in [-0.39, 0.29) is 5.78 Å². The van der Waals surface area contributed by atoms with Gasteiger partial charge < -0.3 is 4.98 Å². The van der Waals surface area contributed by atoms with Crippen molar-refractivity contribution in [1.29, 1.82) is 0 Å². The van der Waals surface area contributed by atoms with Gasteiger partial charge in [0.25, 0.3) is 0 Å². The Labute approximate surface area is 96.8 Å². The maximum absolute atomic E-state index is 11.9. The van der Waals surface area contributed by atoms with E-state index in [0.29, 0.717) is 12.6 Å². The Morgan fingerprint density at radius 1 is 1.44 bits per heavy atom. The monoisotopic (exact) mass is 220 g/mol. The summed E-state index contributed by atoms with van der Waals surface area (Å²) in [5, 5.41) is 0. The average molecular weight is 220 g/mol. The fourth-order valence-electron chi connectivity index (χ4n) is 2.47. The molecular formula is C13H20N2O. The third kappa shape index (κ3) is 2.73. The number of likely N-dealkylation sites (N-methyl/N-ethyl adjacent to an activating group) is 1. The molecule has 0 atom stereocenters. The summed E-state index contributed by atoms with van der Waals surface area (Å²) in [4.78, 5) is 17.1. The molecule has 0 spiro atoms. The Kier molecular flexibility index (Phi) is 3.78. The van der Waals surface area contributed by atoms with Crippen molar-refractivity contribution in [1.82, 2.24) is 9.88 Å². The Balaban J connectivity index is 1.86. The number of ketones is 1. The highest BCUT2D eigenvalue weighted by molar-refractivity contribution is 5.95. The molecular weight excluding hydrogens is 200 g/mol. The number of carbonyl (C=O) groups excluding carboxylic acids is 1. The van der Waals surface area contributed by atoms with Gasteiger partial charge in [-0.2, -0.15) is 0 Å². The van der Waals surface area contributed by atoms with Crippen LogP contribution in [0.25, 0.3) is 0 Å². The van der Waals surface area contributed by atoms with E-state index in [1.165, 1.54) is 32.1 Å². The zero-order valence-corrected chi connectivity index (χ0v) is 9.91. The molecule has 1 fully saturated rings. The molecule has 0 unspecified atom stereocenters. The number of nitrogens with zero attached hydrogens (tertiary/aromatic N) is 1. The number of aromatic amines is 1. The predicted molar refractivity (Wildman–Crippen MR) is 64.6 cm³/mol. The first kappa shape index (κ1) is 11.4. The lowest BCUT2D eigenvalue weighted by atomic mass is 9.94. The molecule has 0 amide bonds. The maximum atomic E-state index is 11.9. The van der Waals surface area contributed by atoms with Crippen molar-refractivity contribution in [3.63, 3.8) is 0 Å². The van der Waals surface area contributed by atoms with E-state index in [0.717, 1.165) is 5.69 Å². The number of rotatable bonds is 4. The number of hydrogen-bond acceptors (Lipinski definition) is 2. The Morgan fingerprint density at radius 2 is 2.19 bits per heavy atom. The van der Waals surface area contributed by atoms with E-state index >= 15 is 0 Å². The minimum Gasteiger partial charge on any atom is -0.359 e. The van der Waals surface area contributed by atoms with Gasteiger partial charge in [0.05, 0.1) is 12.2 Å². The van der Waals surface area contributed by atoms with Crippen LogP contribution in [0.5, 0.6) is 0 Å². The second-order valence-electron chi connectivity index (χ2n) is 4.71. The lowest BCUT2D eigenvalue weighted by molar-refractivity contribution is 0.0895. The summed E-state index contributed by atoms with van der Waals surface area (Å²) in [7, 11) is 2.07. The van der Waals surface area contributed by atoms with Gasteiger partial charge in [0, 0.05) is 12.2 Å². The van der Waals surface area contributed by atoms with Crippen LogP contribution in [0.2, 0.25) is 0 Å². The maximum Gasteiger partial charge on any atom is 0.192 e. The van der Waals surface area contributed by atoms with Gasteiger partial charge in [0.2, 0.25) is 0 Å². The van der Waals surface area contributed by atoms with Crippen molar-refractivity contribution in [2.24, 2.45) is 0 Å². The number of nitrogens with one attached hydrogen (secondary N) is 1. The van der Waals surface area contributed by atoms with Gasteiger partial charge in [-0.05, 0) is 32.0 Å². The van der Waals surface area contributed by atoms with Crippen LogP contribution in [0.1, 0.15) is 42.6 Å². The van der Waals surface area contributed by atoms with Crippen molar-refractivity contribution in [3.8, 4) is 0 Å². The first-order valence-electron chi connectivity index (χ1n) is 6.14. The molecule has 0 aliphatic heterocycles. The quantitative estimate of drug-likeness (QED) is 0.791. The Bertz CT molecular complexity index is 326. The molecule has 0 radical (unpaired) electrons. The standard InChI is InChI=1S/C13H20N2O/c1-15(11-6-3-2-4-7-11)10-13(16)12-8-5-9-14-12/h5,8-9,11,14H,2-4,6-7,10H2,1H3. The van der Waals surface area contributed by atoms with Crippen LogP contribution in [0.4, 0.5) is 0 Å². The van der Waals surface area contributed by atoms with E-state index in [2.05, 4.69) is 16.9 Å². The largest absolute Gasteiger partial charge is 0.359 e. The number of aromatic nitrogens is 1. The van der Waals surface area contributed by atoms with Crippen molar-refractivity contribution in [3.05, 3.63) is 24.0 Å². The molecule has 0 bridgehead atoms. The van der Waals surface area contributed by atoms with Crippen LogP contribution in [0, 0.1) is 0 Å². The molecule has 1 saturated carbocycles. The fourth-order valence-corrected chi connectivity index (χ4v) is 2.47. The topological polar surface area (TPSA) is 36.1 Å². The summed E-state index contributed by atoms with van der Waals surface area (Å²) >= 11 is 0. The normalized spacial score (nSPS) is 17.9. The van der Waals surface area contributed by atoms with Crippen LogP contribution >= 0.6 is 0 Å².